The first-order valence-corrected chi connectivity index (χ1v) is 4.97. The first-order valence-electron chi connectivity index (χ1n) is 3.48. The third-order valence-corrected chi connectivity index (χ3v) is 3.38. The Morgan fingerprint density at radius 3 is 2.70 bits per heavy atom. The van der Waals surface area contributed by atoms with E-state index in [0.29, 0.717) is 5.25 Å². The Balaban J connectivity index is 1.99. The summed E-state index contributed by atoms with van der Waals surface area (Å²) < 4.78 is 0. The second-order valence-corrected chi connectivity index (χ2v) is 4.10. The maximum absolute atomic E-state index is 5.86. The quantitative estimate of drug-likeness (QED) is 0.401. The van der Waals surface area contributed by atoms with E-state index in [1.165, 1.54) is 0 Å². The van der Waals surface area contributed by atoms with Crippen LogP contribution in [0.5, 0.6) is 0 Å². The minimum atomic E-state index is 0.266. The van der Waals surface area contributed by atoms with Gasteiger partial charge >= 0.3 is 0 Å². The van der Waals surface area contributed by atoms with Crippen molar-refractivity contribution >= 4 is 23.4 Å². The predicted molar refractivity (Wildman–Crippen MR) is 48.7 cm³/mol. The highest BCUT2D eigenvalue weighted by molar-refractivity contribution is 8.00. The molecule has 10 heavy (non-hydrogen) atoms. The summed E-state index contributed by atoms with van der Waals surface area (Å²) in [6, 6.07) is 0. The fourth-order valence-electron chi connectivity index (χ4n) is 0.736. The monoisotopic (exact) mass is 177 g/mol. The zero-order valence-electron chi connectivity index (χ0n) is 5.79. The number of nitrogens with two attached hydrogens (primary N) is 1. The van der Waals surface area contributed by atoms with Crippen LogP contribution in [0.2, 0.25) is 0 Å². The van der Waals surface area contributed by atoms with Gasteiger partial charge in [-0.1, -0.05) is 12.2 Å². The minimum absolute atomic E-state index is 0.266. The number of hydrogen-bond acceptors (Lipinski definition) is 2. The Bertz CT molecular complexity index is 127. The molecule has 2 N–H and O–H groups in total. The maximum atomic E-state index is 5.86. The van der Waals surface area contributed by atoms with E-state index in [1.807, 2.05) is 17.8 Å². The second-order valence-electron chi connectivity index (χ2n) is 2.31. The van der Waals surface area contributed by atoms with E-state index < -0.39 is 0 Å². The van der Waals surface area contributed by atoms with Gasteiger partial charge < -0.3 is 5.73 Å². The maximum Gasteiger partial charge on any atom is 0.0670 e. The lowest BCUT2D eigenvalue weighted by Crippen LogP contribution is -2.21. The molecule has 1 rings (SSSR count). The Labute approximate surface area is 71.0 Å². The molecule has 0 bridgehead atoms. The van der Waals surface area contributed by atoms with E-state index in [1.54, 1.807) is 0 Å². The van der Waals surface area contributed by atoms with Crippen LogP contribution >= 0.6 is 23.4 Å². The van der Waals surface area contributed by atoms with Gasteiger partial charge in [0.15, 0.2) is 0 Å². The molecule has 0 aromatic rings. The number of halogens is 1. The van der Waals surface area contributed by atoms with Gasteiger partial charge in [-0.25, -0.2) is 0 Å². The van der Waals surface area contributed by atoms with Crippen molar-refractivity contribution in [3.05, 3.63) is 12.2 Å². The van der Waals surface area contributed by atoms with Crippen molar-refractivity contribution in [2.45, 2.75) is 17.0 Å². The van der Waals surface area contributed by atoms with Crippen LogP contribution in [0, 0.1) is 0 Å². The average molecular weight is 178 g/mol. The van der Waals surface area contributed by atoms with Gasteiger partial charge in [-0.3, -0.25) is 0 Å². The molecule has 3 heteroatoms. The summed E-state index contributed by atoms with van der Waals surface area (Å²) in [6.07, 6.45) is 5.28. The Morgan fingerprint density at radius 2 is 2.30 bits per heavy atom. The van der Waals surface area contributed by atoms with E-state index in [-0.39, 0.29) is 5.38 Å². The van der Waals surface area contributed by atoms with Gasteiger partial charge in [0, 0.05) is 5.25 Å². The standard InChI is InChI=1S/C7H12ClNS/c8-6-2-3-7(6)10-5-1-4-9/h2-3,6-7H,1,4-5,9H2. The SMILES string of the molecule is NCCCSC1C=CC1Cl. The molecule has 0 spiro atoms. The summed E-state index contributed by atoms with van der Waals surface area (Å²) in [5.41, 5.74) is 5.34. The molecular weight excluding hydrogens is 166 g/mol. The van der Waals surface area contributed by atoms with Crippen molar-refractivity contribution in [1.29, 1.82) is 0 Å². The van der Waals surface area contributed by atoms with Crippen LogP contribution < -0.4 is 5.73 Å². The topological polar surface area (TPSA) is 26.0 Å². The van der Waals surface area contributed by atoms with E-state index in [9.17, 15) is 0 Å². The lowest BCUT2D eigenvalue weighted by atomic mass is 10.1. The lowest BCUT2D eigenvalue weighted by Gasteiger charge is -2.22. The van der Waals surface area contributed by atoms with Crippen molar-refractivity contribution in [3.63, 3.8) is 0 Å². The van der Waals surface area contributed by atoms with Crippen LogP contribution in [0.1, 0.15) is 6.42 Å². The number of thioether (sulfide) groups is 1. The van der Waals surface area contributed by atoms with Crippen molar-refractivity contribution in [3.8, 4) is 0 Å². The highest BCUT2D eigenvalue weighted by Gasteiger charge is 2.20. The molecule has 0 fully saturated rings. The minimum Gasteiger partial charge on any atom is -0.330 e. The molecular formula is C7H12ClNS. The zero-order chi connectivity index (χ0) is 7.40. The Kier molecular flexibility index (Phi) is 3.60. The molecule has 1 aliphatic carbocycles. The summed E-state index contributed by atoms with van der Waals surface area (Å²) in [7, 11) is 0. The van der Waals surface area contributed by atoms with Gasteiger partial charge in [-0.15, -0.1) is 11.6 Å². The second kappa shape index (κ2) is 4.27. The van der Waals surface area contributed by atoms with Crippen molar-refractivity contribution in [2.75, 3.05) is 12.3 Å². The van der Waals surface area contributed by atoms with Crippen LogP contribution in [0.25, 0.3) is 0 Å². The van der Waals surface area contributed by atoms with Crippen LogP contribution in [0.3, 0.4) is 0 Å². The van der Waals surface area contributed by atoms with Gasteiger partial charge in [0.05, 0.1) is 5.38 Å². The smallest absolute Gasteiger partial charge is 0.0670 e. The van der Waals surface area contributed by atoms with E-state index >= 15 is 0 Å². The molecule has 2 atom stereocenters. The van der Waals surface area contributed by atoms with Crippen molar-refractivity contribution in [1.82, 2.24) is 0 Å². The molecule has 2 unspecified atom stereocenters. The number of hydrogen-bond donors (Lipinski definition) is 1. The molecule has 1 nitrogen and oxygen atoms in total. The fraction of sp³-hybridized carbons (Fsp3) is 0.714. The van der Waals surface area contributed by atoms with Crippen molar-refractivity contribution < 1.29 is 0 Å². The first kappa shape index (κ1) is 8.44. The third kappa shape index (κ3) is 2.19. The van der Waals surface area contributed by atoms with Crippen molar-refractivity contribution in [2.24, 2.45) is 5.73 Å². The summed E-state index contributed by atoms with van der Waals surface area (Å²) in [5.74, 6) is 1.13. The average Bonchev–Trinajstić information content (AvgIpc) is 1.95. The van der Waals surface area contributed by atoms with E-state index in [2.05, 4.69) is 6.08 Å². The van der Waals surface area contributed by atoms with E-state index in [4.69, 9.17) is 17.3 Å². The Morgan fingerprint density at radius 1 is 1.50 bits per heavy atom. The summed E-state index contributed by atoms with van der Waals surface area (Å²) >= 11 is 7.75. The van der Waals surface area contributed by atoms with Crippen LogP contribution in [0.4, 0.5) is 0 Å². The Hall–Kier alpha value is 0.340. The molecule has 0 aromatic carbocycles. The largest absolute Gasteiger partial charge is 0.330 e. The van der Waals surface area contributed by atoms with Gasteiger partial charge in [-0.05, 0) is 18.7 Å². The molecule has 0 amide bonds. The van der Waals surface area contributed by atoms with Gasteiger partial charge in [0.1, 0.15) is 0 Å². The molecule has 0 aromatic heterocycles. The summed E-state index contributed by atoms with van der Waals surface area (Å²) in [5, 5.41) is 0.816. The van der Waals surface area contributed by atoms with Gasteiger partial charge in [0.25, 0.3) is 0 Å². The van der Waals surface area contributed by atoms with E-state index in [0.717, 1.165) is 18.7 Å². The fourth-order valence-corrected chi connectivity index (χ4v) is 2.20. The lowest BCUT2D eigenvalue weighted by molar-refractivity contribution is 0.929. The normalized spacial score (nSPS) is 30.2. The molecule has 0 heterocycles. The molecule has 58 valence electrons. The van der Waals surface area contributed by atoms with Crippen LogP contribution in [-0.2, 0) is 0 Å². The zero-order valence-corrected chi connectivity index (χ0v) is 7.37. The summed E-state index contributed by atoms with van der Waals surface area (Å²) in [4.78, 5) is 0. The highest BCUT2D eigenvalue weighted by atomic mass is 35.5. The first-order chi connectivity index (χ1) is 4.84. The number of rotatable bonds is 4. The van der Waals surface area contributed by atoms with Crippen LogP contribution in [0.15, 0.2) is 12.2 Å². The highest BCUT2D eigenvalue weighted by Crippen LogP contribution is 2.28. The van der Waals surface area contributed by atoms with Gasteiger partial charge in [0.2, 0.25) is 0 Å². The molecule has 0 aliphatic heterocycles. The predicted octanol–water partition coefficient (Wildman–Crippen LogP) is 1.61. The number of alkyl halides is 1. The molecule has 1 aliphatic rings. The number of allylic oxidation sites excluding steroid dienone is 1. The molecule has 0 radical (unpaired) electrons. The molecule has 0 saturated carbocycles. The van der Waals surface area contributed by atoms with Gasteiger partial charge in [-0.2, -0.15) is 11.8 Å². The molecule has 0 saturated heterocycles. The van der Waals surface area contributed by atoms with Crippen LogP contribution in [-0.4, -0.2) is 22.9 Å². The summed E-state index contributed by atoms with van der Waals surface area (Å²) in [6.45, 7) is 0.788. The third-order valence-electron chi connectivity index (χ3n) is 1.46.